The summed E-state index contributed by atoms with van der Waals surface area (Å²) in [6, 6.07) is 2.02. The van der Waals surface area contributed by atoms with Crippen LogP contribution in [0.4, 0.5) is 0 Å². The van der Waals surface area contributed by atoms with E-state index >= 15 is 0 Å². The summed E-state index contributed by atoms with van der Waals surface area (Å²) in [6.45, 7) is 10.9. The fraction of sp³-hybridized carbons (Fsp3) is 0.444. The monoisotopic (exact) mass is 518 g/mol. The van der Waals surface area contributed by atoms with Gasteiger partial charge < -0.3 is 14.4 Å². The standard InChI is InChI=1S/C27H34N8O3/c1-8-23(36)35-13-15(3)38-27-24(16(4)31-34(27)7)21-12-19-20(29-30-25(19)17(5)28-21)11-10-18-22(14-35)33(6)32-26(18)37-9-2/h10-12,15H,8-9,13-14H2,1-7H3,(H,29,30)/b11-10+/t15-/m0/s1. The Morgan fingerprint density at radius 2 is 1.95 bits per heavy atom. The Morgan fingerprint density at radius 1 is 1.16 bits per heavy atom. The Morgan fingerprint density at radius 3 is 2.68 bits per heavy atom. The van der Waals surface area contributed by atoms with Gasteiger partial charge in [-0.25, -0.2) is 4.68 Å². The zero-order chi connectivity index (χ0) is 27.1. The first-order chi connectivity index (χ1) is 18.2. The summed E-state index contributed by atoms with van der Waals surface area (Å²) in [4.78, 5) is 19.8. The van der Waals surface area contributed by atoms with E-state index in [0.717, 1.165) is 50.5 Å². The molecule has 4 aromatic heterocycles. The molecule has 1 N–H and O–H groups in total. The highest BCUT2D eigenvalue weighted by Crippen LogP contribution is 2.36. The lowest BCUT2D eigenvalue weighted by Crippen LogP contribution is -2.38. The van der Waals surface area contributed by atoms with Gasteiger partial charge in [0.05, 0.1) is 59.3 Å². The fourth-order valence-electron chi connectivity index (χ4n) is 5.02. The van der Waals surface area contributed by atoms with Crippen molar-refractivity contribution < 1.29 is 14.3 Å². The van der Waals surface area contributed by atoms with E-state index < -0.39 is 0 Å². The lowest BCUT2D eigenvalue weighted by Gasteiger charge is -2.26. The zero-order valence-corrected chi connectivity index (χ0v) is 23.0. The second-order valence-corrected chi connectivity index (χ2v) is 9.63. The number of aryl methyl sites for hydroxylation is 4. The summed E-state index contributed by atoms with van der Waals surface area (Å²) >= 11 is 0. The highest BCUT2D eigenvalue weighted by molar-refractivity contribution is 5.93. The maximum absolute atomic E-state index is 13.1. The van der Waals surface area contributed by atoms with Gasteiger partial charge in [0.1, 0.15) is 11.6 Å². The maximum atomic E-state index is 13.1. The van der Waals surface area contributed by atoms with Crippen LogP contribution < -0.4 is 9.47 Å². The third-order valence-corrected chi connectivity index (χ3v) is 6.83. The highest BCUT2D eigenvalue weighted by atomic mass is 16.5. The number of ether oxygens (including phenoxy) is 2. The van der Waals surface area contributed by atoms with Gasteiger partial charge in [0.25, 0.3) is 0 Å². The second-order valence-electron chi connectivity index (χ2n) is 9.63. The molecule has 4 aromatic rings. The largest absolute Gasteiger partial charge is 0.476 e. The summed E-state index contributed by atoms with van der Waals surface area (Å²) in [5, 5.41) is 17.9. The molecule has 0 saturated heterocycles. The molecule has 0 fully saturated rings. The molecule has 11 nitrogen and oxygen atoms in total. The second kappa shape index (κ2) is 9.96. The van der Waals surface area contributed by atoms with Gasteiger partial charge in [0.15, 0.2) is 0 Å². The number of fused-ring (bicyclic) bond motifs is 4. The molecule has 1 aliphatic rings. The summed E-state index contributed by atoms with van der Waals surface area (Å²) in [5.41, 5.74) is 6.52. The Hall–Kier alpha value is -4.15. The van der Waals surface area contributed by atoms with Gasteiger partial charge in [-0.1, -0.05) is 6.92 Å². The first kappa shape index (κ1) is 25.5. The van der Waals surface area contributed by atoms with E-state index in [1.807, 2.05) is 71.8 Å². The molecule has 1 atom stereocenters. The first-order valence-corrected chi connectivity index (χ1v) is 12.9. The number of hydrogen-bond donors (Lipinski definition) is 1. The van der Waals surface area contributed by atoms with E-state index in [1.54, 1.807) is 9.36 Å². The Bertz CT molecular complexity index is 1540. The molecule has 1 aliphatic heterocycles. The number of H-pyrrole nitrogens is 1. The molecule has 5 heterocycles. The first-order valence-electron chi connectivity index (χ1n) is 12.9. The molecule has 1 amide bonds. The molecule has 0 saturated carbocycles. The lowest BCUT2D eigenvalue weighted by molar-refractivity contribution is -0.132. The quantitative estimate of drug-likeness (QED) is 0.439. The molecule has 200 valence electrons. The van der Waals surface area contributed by atoms with E-state index in [2.05, 4.69) is 20.4 Å². The number of carbonyl (C=O) groups excluding carboxylic acids is 1. The molecule has 0 radical (unpaired) electrons. The number of nitrogens with one attached hydrogen (secondary N) is 1. The number of pyridine rings is 1. The third-order valence-electron chi connectivity index (χ3n) is 6.83. The van der Waals surface area contributed by atoms with Crippen LogP contribution in [0.25, 0.3) is 34.3 Å². The molecule has 0 aliphatic carbocycles. The molecular weight excluding hydrogens is 484 g/mol. The van der Waals surface area contributed by atoms with Gasteiger partial charge in [0.2, 0.25) is 17.7 Å². The number of nitrogens with zero attached hydrogens (tertiary/aromatic N) is 7. The van der Waals surface area contributed by atoms with Crippen molar-refractivity contribution in [1.29, 1.82) is 0 Å². The van der Waals surface area contributed by atoms with Crippen LogP contribution in [0.3, 0.4) is 0 Å². The summed E-state index contributed by atoms with van der Waals surface area (Å²) in [6.07, 6.45) is 4.02. The molecule has 5 rings (SSSR count). The van der Waals surface area contributed by atoms with Crippen LogP contribution in [0.2, 0.25) is 0 Å². The van der Waals surface area contributed by atoms with Crippen LogP contribution in [0.1, 0.15) is 55.5 Å². The minimum absolute atomic E-state index is 0.0273. The minimum atomic E-state index is -0.308. The minimum Gasteiger partial charge on any atom is -0.476 e. The predicted molar refractivity (Wildman–Crippen MR) is 145 cm³/mol. The topological polar surface area (TPSA) is 116 Å². The number of rotatable bonds is 3. The van der Waals surface area contributed by atoms with Crippen molar-refractivity contribution in [2.75, 3.05) is 13.2 Å². The molecule has 0 aromatic carbocycles. The molecule has 0 spiro atoms. The highest BCUT2D eigenvalue weighted by Gasteiger charge is 2.26. The summed E-state index contributed by atoms with van der Waals surface area (Å²) in [5.74, 6) is 1.16. The average Bonchev–Trinajstić information content (AvgIpc) is 3.50. The molecule has 38 heavy (non-hydrogen) atoms. The third kappa shape index (κ3) is 4.42. The van der Waals surface area contributed by atoms with Crippen LogP contribution in [-0.2, 0) is 25.4 Å². The van der Waals surface area contributed by atoms with Crippen molar-refractivity contribution >= 4 is 29.0 Å². The van der Waals surface area contributed by atoms with Crippen molar-refractivity contribution in [3.05, 3.63) is 34.4 Å². The van der Waals surface area contributed by atoms with E-state index in [9.17, 15) is 4.79 Å². The normalized spacial score (nSPS) is 16.5. The average molecular weight is 519 g/mol. The molecule has 11 heteroatoms. The number of aromatic amines is 1. The maximum Gasteiger partial charge on any atom is 0.240 e. The Balaban J connectivity index is 1.75. The van der Waals surface area contributed by atoms with Gasteiger partial charge in [-0.15, -0.1) is 5.10 Å². The van der Waals surface area contributed by atoms with Crippen molar-refractivity contribution in [1.82, 2.24) is 39.6 Å². The van der Waals surface area contributed by atoms with Crippen LogP contribution >= 0.6 is 0 Å². The number of amides is 1. The van der Waals surface area contributed by atoms with Gasteiger partial charge in [-0.05, 0) is 45.9 Å². The SMILES string of the molecule is CCOc1nn(C)c2c1/C=C/c1[nH]nc3c(C)nc(cc13)-c1c(C)nn(C)c1O[C@@H](C)CN(C(=O)CC)C2. The van der Waals surface area contributed by atoms with Gasteiger partial charge in [0, 0.05) is 25.9 Å². The van der Waals surface area contributed by atoms with Crippen molar-refractivity contribution in [3.8, 4) is 23.0 Å². The number of carbonyl (C=O) groups is 1. The molecular formula is C27H34N8O3. The van der Waals surface area contributed by atoms with Crippen molar-refractivity contribution in [2.45, 2.75) is 53.7 Å². The number of hydrogen-bond acceptors (Lipinski definition) is 7. The Labute approximate surface area is 221 Å². The Kier molecular flexibility index (Phi) is 6.68. The fourth-order valence-corrected chi connectivity index (χ4v) is 5.02. The van der Waals surface area contributed by atoms with Crippen molar-refractivity contribution in [2.24, 2.45) is 14.1 Å². The summed E-state index contributed by atoms with van der Waals surface area (Å²) in [7, 11) is 3.73. The van der Waals surface area contributed by atoms with Gasteiger partial charge in [-0.3, -0.25) is 19.6 Å². The smallest absolute Gasteiger partial charge is 0.240 e. The molecule has 2 bridgehead atoms. The van der Waals surface area contributed by atoms with Crippen LogP contribution in [-0.4, -0.2) is 64.8 Å². The van der Waals surface area contributed by atoms with E-state index in [4.69, 9.17) is 14.5 Å². The van der Waals surface area contributed by atoms with Crippen molar-refractivity contribution in [3.63, 3.8) is 0 Å². The van der Waals surface area contributed by atoms with E-state index in [1.165, 1.54) is 0 Å². The van der Waals surface area contributed by atoms with Crippen LogP contribution in [0.5, 0.6) is 11.8 Å². The van der Waals surface area contributed by atoms with Gasteiger partial charge in [-0.2, -0.15) is 10.2 Å². The van der Waals surface area contributed by atoms with E-state index in [0.29, 0.717) is 37.9 Å². The predicted octanol–water partition coefficient (Wildman–Crippen LogP) is 3.80. The summed E-state index contributed by atoms with van der Waals surface area (Å²) < 4.78 is 15.9. The zero-order valence-electron chi connectivity index (χ0n) is 23.0. The van der Waals surface area contributed by atoms with Crippen LogP contribution in [0, 0.1) is 13.8 Å². The van der Waals surface area contributed by atoms with Crippen LogP contribution in [0.15, 0.2) is 6.07 Å². The molecule has 0 unspecified atom stereocenters. The van der Waals surface area contributed by atoms with Gasteiger partial charge >= 0.3 is 0 Å². The number of aromatic nitrogens is 7. The lowest BCUT2D eigenvalue weighted by atomic mass is 10.1. The van der Waals surface area contributed by atoms with E-state index in [-0.39, 0.29) is 12.0 Å².